The molecule has 0 heterocycles. The van der Waals surface area contributed by atoms with E-state index < -0.39 is 6.10 Å². The highest BCUT2D eigenvalue weighted by Crippen LogP contribution is 2.17. The largest absolute Gasteiger partial charge is 0.491 e. The van der Waals surface area contributed by atoms with Crippen LogP contribution in [0.1, 0.15) is 12.8 Å². The molecule has 0 aromatic heterocycles. The normalized spacial score (nSPS) is 12.1. The summed E-state index contributed by atoms with van der Waals surface area (Å²) in [6.07, 6.45) is 2.79. The number of aliphatic hydroxyl groups excluding tert-OH is 1. The molecular weight excluding hydrogens is 212 g/mol. The molecule has 0 aliphatic rings. The van der Waals surface area contributed by atoms with Crippen molar-refractivity contribution in [1.29, 1.82) is 0 Å². The molecule has 82 valence electrons. The van der Waals surface area contributed by atoms with E-state index in [0.29, 0.717) is 17.2 Å². The highest BCUT2D eigenvalue weighted by atomic mass is 35.5. The SMILES string of the molecule is C=CCCC(O)COc1cccc(Cl)c1. The number of allylic oxidation sites excluding steroid dienone is 1. The second-order valence-electron chi connectivity index (χ2n) is 3.29. The maximum Gasteiger partial charge on any atom is 0.120 e. The van der Waals surface area contributed by atoms with E-state index in [0.717, 1.165) is 6.42 Å². The Bertz CT molecular complexity index is 312. The number of hydrogen-bond acceptors (Lipinski definition) is 2. The van der Waals surface area contributed by atoms with E-state index in [1.54, 1.807) is 18.2 Å². The topological polar surface area (TPSA) is 29.5 Å². The molecule has 1 aromatic rings. The van der Waals surface area contributed by atoms with Gasteiger partial charge in [-0.3, -0.25) is 0 Å². The van der Waals surface area contributed by atoms with Gasteiger partial charge in [0.25, 0.3) is 0 Å². The Morgan fingerprint density at radius 2 is 2.33 bits per heavy atom. The van der Waals surface area contributed by atoms with Crippen LogP contribution in [0.25, 0.3) is 0 Å². The summed E-state index contributed by atoms with van der Waals surface area (Å²) in [4.78, 5) is 0. The first kappa shape index (κ1) is 12.1. The van der Waals surface area contributed by atoms with Crippen molar-refractivity contribution in [3.63, 3.8) is 0 Å². The number of hydrogen-bond donors (Lipinski definition) is 1. The summed E-state index contributed by atoms with van der Waals surface area (Å²) in [5, 5.41) is 10.1. The van der Waals surface area contributed by atoms with Crippen LogP contribution in [0.15, 0.2) is 36.9 Å². The van der Waals surface area contributed by atoms with Gasteiger partial charge in [0.1, 0.15) is 12.4 Å². The van der Waals surface area contributed by atoms with Crippen molar-refractivity contribution in [3.05, 3.63) is 41.9 Å². The molecule has 1 aromatic carbocycles. The molecule has 1 rings (SSSR count). The van der Waals surface area contributed by atoms with Crippen LogP contribution in [0.3, 0.4) is 0 Å². The number of halogens is 1. The van der Waals surface area contributed by atoms with E-state index in [4.69, 9.17) is 16.3 Å². The van der Waals surface area contributed by atoms with Crippen molar-refractivity contribution < 1.29 is 9.84 Å². The molecule has 0 amide bonds. The molecule has 3 heteroatoms. The van der Waals surface area contributed by atoms with E-state index in [1.165, 1.54) is 0 Å². The second-order valence-corrected chi connectivity index (χ2v) is 3.72. The summed E-state index contributed by atoms with van der Waals surface area (Å²) < 4.78 is 5.38. The van der Waals surface area contributed by atoms with Crippen molar-refractivity contribution >= 4 is 11.6 Å². The van der Waals surface area contributed by atoms with Crippen LogP contribution in [-0.2, 0) is 0 Å². The summed E-state index contributed by atoms with van der Waals surface area (Å²) in [6, 6.07) is 7.13. The Morgan fingerprint density at radius 3 is 3.00 bits per heavy atom. The molecule has 0 spiro atoms. The van der Waals surface area contributed by atoms with Gasteiger partial charge >= 0.3 is 0 Å². The quantitative estimate of drug-likeness (QED) is 0.756. The molecule has 0 saturated heterocycles. The van der Waals surface area contributed by atoms with E-state index >= 15 is 0 Å². The van der Waals surface area contributed by atoms with Gasteiger partial charge in [0.2, 0.25) is 0 Å². The zero-order valence-electron chi connectivity index (χ0n) is 8.53. The maximum atomic E-state index is 9.51. The van der Waals surface area contributed by atoms with Crippen LogP contribution >= 0.6 is 11.6 Å². The molecule has 0 aliphatic heterocycles. The Labute approximate surface area is 95.1 Å². The standard InChI is InChI=1S/C12H15ClO2/c1-2-3-6-11(14)9-15-12-7-4-5-10(13)8-12/h2,4-5,7-8,11,14H,1,3,6,9H2. The zero-order chi connectivity index (χ0) is 11.1. The number of ether oxygens (including phenoxy) is 1. The summed E-state index contributed by atoms with van der Waals surface area (Å²) >= 11 is 5.79. The molecule has 0 fully saturated rings. The Morgan fingerprint density at radius 1 is 1.53 bits per heavy atom. The van der Waals surface area contributed by atoms with Gasteiger partial charge in [-0.2, -0.15) is 0 Å². The fourth-order valence-corrected chi connectivity index (χ4v) is 1.32. The Hall–Kier alpha value is -0.990. The highest BCUT2D eigenvalue weighted by Gasteiger charge is 2.03. The summed E-state index contributed by atoms with van der Waals surface area (Å²) in [6.45, 7) is 3.88. The predicted molar refractivity (Wildman–Crippen MR) is 62.4 cm³/mol. The average Bonchev–Trinajstić information content (AvgIpc) is 2.23. The Kier molecular flexibility index (Phi) is 5.22. The minimum Gasteiger partial charge on any atom is -0.491 e. The van der Waals surface area contributed by atoms with Crippen LogP contribution in [0.2, 0.25) is 5.02 Å². The second kappa shape index (κ2) is 6.49. The molecule has 0 bridgehead atoms. The van der Waals surface area contributed by atoms with E-state index in [-0.39, 0.29) is 6.61 Å². The molecule has 15 heavy (non-hydrogen) atoms. The lowest BCUT2D eigenvalue weighted by Crippen LogP contribution is -2.16. The zero-order valence-corrected chi connectivity index (χ0v) is 9.28. The van der Waals surface area contributed by atoms with Crippen LogP contribution < -0.4 is 4.74 Å². The fourth-order valence-electron chi connectivity index (χ4n) is 1.14. The van der Waals surface area contributed by atoms with Gasteiger partial charge in [0, 0.05) is 5.02 Å². The number of aliphatic hydroxyl groups is 1. The summed E-state index contributed by atoms with van der Waals surface area (Å²) in [7, 11) is 0. The minimum absolute atomic E-state index is 0.286. The highest BCUT2D eigenvalue weighted by molar-refractivity contribution is 6.30. The third kappa shape index (κ3) is 4.86. The fraction of sp³-hybridized carbons (Fsp3) is 0.333. The summed E-state index contributed by atoms with van der Waals surface area (Å²) in [5.74, 6) is 0.681. The van der Waals surface area contributed by atoms with Crippen LogP contribution in [0.4, 0.5) is 0 Å². The van der Waals surface area contributed by atoms with Crippen molar-refractivity contribution in [1.82, 2.24) is 0 Å². The molecule has 0 saturated carbocycles. The minimum atomic E-state index is -0.456. The van der Waals surface area contributed by atoms with Gasteiger partial charge in [-0.25, -0.2) is 0 Å². The van der Waals surface area contributed by atoms with Gasteiger partial charge in [-0.05, 0) is 31.0 Å². The van der Waals surface area contributed by atoms with E-state index in [2.05, 4.69) is 6.58 Å². The number of benzene rings is 1. The molecule has 1 atom stereocenters. The van der Waals surface area contributed by atoms with E-state index in [9.17, 15) is 5.11 Å². The molecule has 2 nitrogen and oxygen atoms in total. The number of rotatable bonds is 6. The van der Waals surface area contributed by atoms with Gasteiger partial charge in [0.15, 0.2) is 0 Å². The maximum absolute atomic E-state index is 9.51. The van der Waals surface area contributed by atoms with Gasteiger partial charge in [0.05, 0.1) is 6.10 Å². The first-order chi connectivity index (χ1) is 7.22. The lowest BCUT2D eigenvalue weighted by molar-refractivity contribution is 0.101. The third-order valence-corrected chi connectivity index (χ3v) is 2.18. The van der Waals surface area contributed by atoms with Crippen molar-refractivity contribution in [2.24, 2.45) is 0 Å². The van der Waals surface area contributed by atoms with Gasteiger partial charge < -0.3 is 9.84 Å². The smallest absolute Gasteiger partial charge is 0.120 e. The van der Waals surface area contributed by atoms with E-state index in [1.807, 2.05) is 12.1 Å². The van der Waals surface area contributed by atoms with Crippen molar-refractivity contribution in [2.75, 3.05) is 6.61 Å². The first-order valence-electron chi connectivity index (χ1n) is 4.89. The lowest BCUT2D eigenvalue weighted by Gasteiger charge is -2.11. The molecular formula is C12H15ClO2. The summed E-state index contributed by atoms with van der Waals surface area (Å²) in [5.41, 5.74) is 0. The average molecular weight is 227 g/mol. The third-order valence-electron chi connectivity index (χ3n) is 1.94. The monoisotopic (exact) mass is 226 g/mol. The van der Waals surface area contributed by atoms with Crippen LogP contribution in [-0.4, -0.2) is 17.8 Å². The molecule has 0 aliphatic carbocycles. The van der Waals surface area contributed by atoms with Gasteiger partial charge in [-0.15, -0.1) is 6.58 Å². The van der Waals surface area contributed by atoms with Crippen LogP contribution in [0, 0.1) is 0 Å². The van der Waals surface area contributed by atoms with Gasteiger partial charge in [-0.1, -0.05) is 23.7 Å². The lowest BCUT2D eigenvalue weighted by atomic mass is 10.2. The van der Waals surface area contributed by atoms with Crippen molar-refractivity contribution in [3.8, 4) is 5.75 Å². The van der Waals surface area contributed by atoms with Crippen molar-refractivity contribution in [2.45, 2.75) is 18.9 Å². The Balaban J connectivity index is 2.33. The predicted octanol–water partition coefficient (Wildman–Crippen LogP) is 3.05. The molecule has 0 radical (unpaired) electrons. The molecule has 1 N–H and O–H groups in total. The molecule has 1 unspecified atom stereocenters. The van der Waals surface area contributed by atoms with Crippen LogP contribution in [0.5, 0.6) is 5.75 Å². The first-order valence-corrected chi connectivity index (χ1v) is 5.27.